The maximum absolute atomic E-state index is 11.4. The molecule has 0 bridgehead atoms. The Morgan fingerprint density at radius 1 is 1.52 bits per heavy atom. The second-order valence-electron chi connectivity index (χ2n) is 4.80. The Kier molecular flexibility index (Phi) is 5.21. The van der Waals surface area contributed by atoms with Crippen molar-refractivity contribution in [3.05, 3.63) is 23.8 Å². The zero-order valence-corrected chi connectivity index (χ0v) is 13.0. The zero-order chi connectivity index (χ0) is 15.2. The average molecular weight is 308 g/mol. The van der Waals surface area contributed by atoms with Gasteiger partial charge in [-0.15, -0.1) is 0 Å². The molecule has 1 aromatic rings. The third-order valence-electron chi connectivity index (χ3n) is 3.22. The first kappa shape index (κ1) is 15.4. The van der Waals surface area contributed by atoms with Crippen LogP contribution in [-0.2, 0) is 0 Å². The Morgan fingerprint density at radius 2 is 2.33 bits per heavy atom. The molecular formula is C14H20N4O2S. The van der Waals surface area contributed by atoms with E-state index in [4.69, 9.17) is 17.0 Å². The Balaban J connectivity index is 1.81. The van der Waals surface area contributed by atoms with Crippen LogP contribution < -0.4 is 20.7 Å². The SMILES string of the molecule is COc1ccc(C)cc1NC(=S)NCCN1CCNC1=O. The number of benzene rings is 1. The van der Waals surface area contributed by atoms with E-state index < -0.39 is 0 Å². The highest BCUT2D eigenvalue weighted by Gasteiger charge is 2.18. The molecule has 1 aliphatic rings. The highest BCUT2D eigenvalue weighted by atomic mass is 32.1. The third kappa shape index (κ3) is 4.22. The smallest absolute Gasteiger partial charge is 0.317 e. The van der Waals surface area contributed by atoms with Gasteiger partial charge < -0.3 is 25.6 Å². The summed E-state index contributed by atoms with van der Waals surface area (Å²) in [6.07, 6.45) is 0. The summed E-state index contributed by atoms with van der Waals surface area (Å²) in [5.41, 5.74) is 1.95. The molecule has 0 unspecified atom stereocenters. The number of methoxy groups -OCH3 is 1. The predicted octanol–water partition coefficient (Wildman–Crippen LogP) is 1.32. The number of nitrogens with zero attached hydrogens (tertiary/aromatic N) is 1. The Bertz CT molecular complexity index is 536. The maximum Gasteiger partial charge on any atom is 0.317 e. The molecule has 0 aliphatic carbocycles. The van der Waals surface area contributed by atoms with Gasteiger partial charge in [-0.2, -0.15) is 0 Å². The molecule has 1 aliphatic heterocycles. The van der Waals surface area contributed by atoms with E-state index >= 15 is 0 Å². The van der Waals surface area contributed by atoms with Crippen LogP contribution in [0.25, 0.3) is 0 Å². The van der Waals surface area contributed by atoms with Crippen molar-refractivity contribution in [2.45, 2.75) is 6.92 Å². The lowest BCUT2D eigenvalue weighted by atomic mass is 10.2. The fourth-order valence-corrected chi connectivity index (χ4v) is 2.33. The summed E-state index contributed by atoms with van der Waals surface area (Å²) < 4.78 is 5.29. The number of hydrogen-bond acceptors (Lipinski definition) is 3. The van der Waals surface area contributed by atoms with E-state index in [1.54, 1.807) is 12.0 Å². The summed E-state index contributed by atoms with van der Waals surface area (Å²) in [5, 5.41) is 9.48. The molecule has 6 nitrogen and oxygen atoms in total. The molecule has 0 aromatic heterocycles. The van der Waals surface area contributed by atoms with Gasteiger partial charge in [-0.05, 0) is 36.8 Å². The van der Waals surface area contributed by atoms with Gasteiger partial charge in [0.15, 0.2) is 5.11 Å². The van der Waals surface area contributed by atoms with Crippen molar-refractivity contribution in [1.29, 1.82) is 0 Å². The standard InChI is InChI=1S/C14H20N4O2S/c1-10-3-4-12(20-2)11(9-10)17-13(21)15-5-7-18-8-6-16-14(18)19/h3-4,9H,5-8H2,1-2H3,(H,16,19)(H2,15,17,21). The first-order valence-electron chi connectivity index (χ1n) is 6.82. The van der Waals surface area contributed by atoms with Crippen LogP contribution in [0.3, 0.4) is 0 Å². The number of rotatable bonds is 5. The van der Waals surface area contributed by atoms with Gasteiger partial charge >= 0.3 is 6.03 Å². The molecule has 0 spiro atoms. The van der Waals surface area contributed by atoms with Gasteiger partial charge in [0.25, 0.3) is 0 Å². The van der Waals surface area contributed by atoms with Gasteiger partial charge in [-0.3, -0.25) is 0 Å². The summed E-state index contributed by atoms with van der Waals surface area (Å²) in [7, 11) is 1.62. The molecule has 0 saturated carbocycles. The van der Waals surface area contributed by atoms with Crippen LogP contribution in [0.1, 0.15) is 5.56 Å². The normalized spacial score (nSPS) is 13.8. The zero-order valence-electron chi connectivity index (χ0n) is 12.2. The highest BCUT2D eigenvalue weighted by Crippen LogP contribution is 2.24. The molecular weight excluding hydrogens is 288 g/mol. The summed E-state index contributed by atoms with van der Waals surface area (Å²) in [4.78, 5) is 13.1. The van der Waals surface area contributed by atoms with Gasteiger partial charge in [0.1, 0.15) is 5.75 Å². The van der Waals surface area contributed by atoms with Gasteiger partial charge in [-0.1, -0.05) is 6.07 Å². The largest absolute Gasteiger partial charge is 0.495 e. The van der Waals surface area contributed by atoms with Crippen LogP contribution in [0.4, 0.5) is 10.5 Å². The second kappa shape index (κ2) is 7.12. The minimum absolute atomic E-state index is 0.0176. The number of amides is 2. The van der Waals surface area contributed by atoms with Crippen molar-refractivity contribution in [2.75, 3.05) is 38.6 Å². The van der Waals surface area contributed by atoms with E-state index in [0.29, 0.717) is 24.7 Å². The number of nitrogens with one attached hydrogen (secondary N) is 3. The highest BCUT2D eigenvalue weighted by molar-refractivity contribution is 7.80. The topological polar surface area (TPSA) is 65.6 Å². The van der Waals surface area contributed by atoms with Crippen molar-refractivity contribution in [2.24, 2.45) is 0 Å². The summed E-state index contributed by atoms with van der Waals surface area (Å²) >= 11 is 5.26. The Morgan fingerprint density at radius 3 is 3.00 bits per heavy atom. The van der Waals surface area contributed by atoms with Crippen molar-refractivity contribution in [3.63, 3.8) is 0 Å². The van der Waals surface area contributed by atoms with E-state index in [1.807, 2.05) is 25.1 Å². The predicted molar refractivity (Wildman–Crippen MR) is 86.9 cm³/mol. The molecule has 3 N–H and O–H groups in total. The third-order valence-corrected chi connectivity index (χ3v) is 3.46. The van der Waals surface area contributed by atoms with E-state index in [2.05, 4.69) is 16.0 Å². The number of urea groups is 1. The molecule has 1 saturated heterocycles. The molecule has 114 valence electrons. The van der Waals surface area contributed by atoms with Gasteiger partial charge in [0.2, 0.25) is 0 Å². The van der Waals surface area contributed by atoms with Gasteiger partial charge in [0, 0.05) is 26.2 Å². The first-order valence-corrected chi connectivity index (χ1v) is 7.23. The fraction of sp³-hybridized carbons (Fsp3) is 0.429. The van der Waals surface area contributed by atoms with E-state index in [1.165, 1.54) is 0 Å². The van der Waals surface area contributed by atoms with E-state index in [9.17, 15) is 4.79 Å². The molecule has 0 radical (unpaired) electrons. The van der Waals surface area contributed by atoms with Gasteiger partial charge in [-0.25, -0.2) is 4.79 Å². The Labute approximate surface area is 129 Å². The van der Waals surface area contributed by atoms with E-state index in [-0.39, 0.29) is 6.03 Å². The van der Waals surface area contributed by atoms with Crippen molar-refractivity contribution in [1.82, 2.24) is 15.5 Å². The maximum atomic E-state index is 11.4. The van der Waals surface area contributed by atoms with Crippen LogP contribution in [0.2, 0.25) is 0 Å². The minimum atomic E-state index is -0.0176. The van der Waals surface area contributed by atoms with Crippen LogP contribution in [-0.4, -0.2) is 49.3 Å². The monoisotopic (exact) mass is 308 g/mol. The molecule has 21 heavy (non-hydrogen) atoms. The first-order chi connectivity index (χ1) is 10.1. The molecule has 2 rings (SSSR count). The number of thiocarbonyl (C=S) groups is 1. The van der Waals surface area contributed by atoms with Crippen LogP contribution >= 0.6 is 12.2 Å². The van der Waals surface area contributed by atoms with Gasteiger partial charge in [0.05, 0.1) is 12.8 Å². The number of carbonyl (C=O) groups excluding carboxylic acids is 1. The van der Waals surface area contributed by atoms with E-state index in [0.717, 1.165) is 23.5 Å². The van der Waals surface area contributed by atoms with Crippen molar-refractivity contribution >= 4 is 29.0 Å². The quantitative estimate of drug-likeness (QED) is 0.716. The summed E-state index contributed by atoms with van der Waals surface area (Å²) in [5.74, 6) is 0.740. The molecule has 1 heterocycles. The van der Waals surface area contributed by atoms with Crippen LogP contribution in [0, 0.1) is 6.92 Å². The minimum Gasteiger partial charge on any atom is -0.495 e. The lowest BCUT2D eigenvalue weighted by molar-refractivity contribution is 0.218. The number of anilines is 1. The molecule has 2 amide bonds. The summed E-state index contributed by atoms with van der Waals surface area (Å²) in [6, 6.07) is 5.83. The number of ether oxygens (including phenoxy) is 1. The van der Waals surface area contributed by atoms with Crippen molar-refractivity contribution < 1.29 is 9.53 Å². The lowest BCUT2D eigenvalue weighted by Crippen LogP contribution is -2.38. The lowest BCUT2D eigenvalue weighted by Gasteiger charge is -2.17. The molecule has 0 atom stereocenters. The molecule has 1 aromatic carbocycles. The average Bonchev–Trinajstić information content (AvgIpc) is 2.85. The van der Waals surface area contributed by atoms with Crippen LogP contribution in [0.5, 0.6) is 5.75 Å². The fourth-order valence-electron chi connectivity index (χ4n) is 2.11. The number of aryl methyl sites for hydroxylation is 1. The number of carbonyl (C=O) groups is 1. The van der Waals surface area contributed by atoms with Crippen LogP contribution in [0.15, 0.2) is 18.2 Å². The number of hydrogen-bond donors (Lipinski definition) is 3. The van der Waals surface area contributed by atoms with Crippen molar-refractivity contribution in [3.8, 4) is 5.75 Å². The molecule has 7 heteroatoms. The second-order valence-corrected chi connectivity index (χ2v) is 5.21. The summed E-state index contributed by atoms with van der Waals surface area (Å²) in [6.45, 7) is 4.69. The Hall–Kier alpha value is -2.02. The molecule has 1 fully saturated rings.